The molecule has 1 unspecified atom stereocenters. The van der Waals surface area contributed by atoms with Gasteiger partial charge in [0.25, 0.3) is 0 Å². The average Bonchev–Trinajstić information content (AvgIpc) is 2.29. The van der Waals surface area contributed by atoms with Gasteiger partial charge in [-0.3, -0.25) is 0 Å². The van der Waals surface area contributed by atoms with Crippen LogP contribution in [0, 0.1) is 5.92 Å². The predicted octanol–water partition coefficient (Wildman–Crippen LogP) is 4.61. The van der Waals surface area contributed by atoms with Gasteiger partial charge in [-0.15, -0.1) is 0 Å². The number of allylic oxidation sites excluding steroid dienone is 2. The van der Waals surface area contributed by atoms with Crippen LogP contribution in [-0.4, -0.2) is 0 Å². The van der Waals surface area contributed by atoms with Crippen molar-refractivity contribution in [1.82, 2.24) is 0 Å². The summed E-state index contributed by atoms with van der Waals surface area (Å²) in [6.07, 6.45) is 6.02. The number of hydrogen-bond acceptors (Lipinski definition) is 0. The lowest BCUT2D eigenvalue weighted by Crippen LogP contribution is -1.97. The minimum absolute atomic E-state index is 0.735. The zero-order chi connectivity index (χ0) is 11.1. The van der Waals surface area contributed by atoms with Crippen LogP contribution in [0.1, 0.15) is 39.2 Å². The Balaban J connectivity index is 2.28. The molecule has 0 spiro atoms. The fourth-order valence-corrected chi connectivity index (χ4v) is 1.77. The fraction of sp³-hybridized carbons (Fsp3) is 0.467. The highest BCUT2D eigenvalue weighted by Crippen LogP contribution is 2.17. The van der Waals surface area contributed by atoms with E-state index < -0.39 is 0 Å². The number of rotatable bonds is 5. The second-order valence-electron chi connectivity index (χ2n) is 4.31. The Hall–Kier alpha value is -1.04. The Morgan fingerprint density at radius 2 is 1.93 bits per heavy atom. The molecule has 0 N–H and O–H groups in total. The van der Waals surface area contributed by atoms with Crippen LogP contribution in [0.25, 0.3) is 0 Å². The highest BCUT2D eigenvalue weighted by molar-refractivity contribution is 5.14. The Kier molecular flexibility index (Phi) is 5.17. The molecule has 1 rings (SSSR count). The SMILES string of the molecule is C/C=C(\C)C(C)CCCc1ccccc1. The molecule has 0 saturated heterocycles. The van der Waals surface area contributed by atoms with Gasteiger partial charge in [-0.25, -0.2) is 0 Å². The van der Waals surface area contributed by atoms with E-state index in [4.69, 9.17) is 0 Å². The Morgan fingerprint density at radius 1 is 1.27 bits per heavy atom. The van der Waals surface area contributed by atoms with Crippen molar-refractivity contribution < 1.29 is 0 Å². The smallest absolute Gasteiger partial charge is 0.0234 e. The van der Waals surface area contributed by atoms with Crippen molar-refractivity contribution >= 4 is 0 Å². The monoisotopic (exact) mass is 202 g/mol. The first-order chi connectivity index (χ1) is 7.24. The first-order valence-corrected chi connectivity index (χ1v) is 5.90. The summed E-state index contributed by atoms with van der Waals surface area (Å²) in [6, 6.07) is 10.8. The first kappa shape index (κ1) is 12.0. The minimum atomic E-state index is 0.735. The van der Waals surface area contributed by atoms with Gasteiger partial charge in [0, 0.05) is 0 Å². The zero-order valence-electron chi connectivity index (χ0n) is 10.2. The third kappa shape index (κ3) is 4.33. The Labute approximate surface area is 94.0 Å². The molecule has 0 amide bonds. The van der Waals surface area contributed by atoms with E-state index in [0.29, 0.717) is 0 Å². The molecule has 0 aromatic heterocycles. The summed E-state index contributed by atoms with van der Waals surface area (Å²) in [5.41, 5.74) is 2.98. The number of aryl methyl sites for hydroxylation is 1. The molecular weight excluding hydrogens is 180 g/mol. The van der Waals surface area contributed by atoms with Crippen molar-refractivity contribution in [2.75, 3.05) is 0 Å². The molecule has 82 valence electrons. The van der Waals surface area contributed by atoms with E-state index >= 15 is 0 Å². The molecule has 0 aliphatic heterocycles. The molecule has 0 fully saturated rings. The van der Waals surface area contributed by atoms with Crippen molar-refractivity contribution in [3.05, 3.63) is 47.5 Å². The largest absolute Gasteiger partial charge is 0.0885 e. The van der Waals surface area contributed by atoms with Gasteiger partial charge in [-0.1, -0.05) is 48.9 Å². The zero-order valence-corrected chi connectivity index (χ0v) is 10.2. The van der Waals surface area contributed by atoms with Gasteiger partial charge in [0.1, 0.15) is 0 Å². The van der Waals surface area contributed by atoms with Crippen molar-refractivity contribution in [2.24, 2.45) is 5.92 Å². The molecule has 1 aromatic carbocycles. The van der Waals surface area contributed by atoms with E-state index in [1.807, 2.05) is 0 Å². The molecule has 1 aromatic rings. The fourth-order valence-electron chi connectivity index (χ4n) is 1.77. The van der Waals surface area contributed by atoms with Crippen LogP contribution < -0.4 is 0 Å². The van der Waals surface area contributed by atoms with Crippen LogP contribution >= 0.6 is 0 Å². The molecule has 15 heavy (non-hydrogen) atoms. The standard InChI is InChI=1S/C15H22/c1-4-13(2)14(3)9-8-12-15-10-6-5-7-11-15/h4-7,10-11,14H,8-9,12H2,1-3H3/b13-4+. The quantitative estimate of drug-likeness (QED) is 0.612. The van der Waals surface area contributed by atoms with Gasteiger partial charge in [0.2, 0.25) is 0 Å². The maximum atomic E-state index is 2.32. The van der Waals surface area contributed by atoms with Crippen molar-refractivity contribution in [3.63, 3.8) is 0 Å². The van der Waals surface area contributed by atoms with Crippen molar-refractivity contribution in [1.29, 1.82) is 0 Å². The Bertz CT molecular complexity index is 295. The highest BCUT2D eigenvalue weighted by Gasteiger charge is 2.02. The summed E-state index contributed by atoms with van der Waals surface area (Å²) < 4.78 is 0. The van der Waals surface area contributed by atoms with Gasteiger partial charge in [0.05, 0.1) is 0 Å². The van der Waals surface area contributed by atoms with Crippen molar-refractivity contribution in [2.45, 2.75) is 40.0 Å². The molecule has 0 heteroatoms. The third-order valence-corrected chi connectivity index (χ3v) is 3.18. The number of hydrogen-bond donors (Lipinski definition) is 0. The van der Waals surface area contributed by atoms with Crippen LogP contribution in [0.4, 0.5) is 0 Å². The number of benzene rings is 1. The van der Waals surface area contributed by atoms with Gasteiger partial charge < -0.3 is 0 Å². The summed E-state index contributed by atoms with van der Waals surface area (Å²) in [6.45, 7) is 6.68. The summed E-state index contributed by atoms with van der Waals surface area (Å²) in [5.74, 6) is 0.735. The van der Waals surface area contributed by atoms with E-state index in [-0.39, 0.29) is 0 Å². The maximum Gasteiger partial charge on any atom is -0.0234 e. The van der Waals surface area contributed by atoms with Crippen LogP contribution in [0.15, 0.2) is 42.0 Å². The molecule has 0 aliphatic carbocycles. The maximum absolute atomic E-state index is 2.32. The van der Waals surface area contributed by atoms with E-state index in [9.17, 15) is 0 Å². The summed E-state index contributed by atoms with van der Waals surface area (Å²) >= 11 is 0. The lowest BCUT2D eigenvalue weighted by atomic mass is 9.95. The van der Waals surface area contributed by atoms with E-state index in [0.717, 1.165) is 5.92 Å². The Morgan fingerprint density at radius 3 is 2.53 bits per heavy atom. The summed E-state index contributed by atoms with van der Waals surface area (Å²) in [7, 11) is 0. The molecule has 0 radical (unpaired) electrons. The van der Waals surface area contributed by atoms with E-state index in [1.54, 1.807) is 0 Å². The van der Waals surface area contributed by atoms with Crippen molar-refractivity contribution in [3.8, 4) is 0 Å². The predicted molar refractivity (Wildman–Crippen MR) is 68.0 cm³/mol. The second kappa shape index (κ2) is 6.44. The molecule has 0 aliphatic rings. The normalized spacial score (nSPS) is 13.9. The van der Waals surface area contributed by atoms with Gasteiger partial charge >= 0.3 is 0 Å². The van der Waals surface area contributed by atoms with E-state index in [1.165, 1.54) is 30.4 Å². The van der Waals surface area contributed by atoms with Crippen LogP contribution in [-0.2, 0) is 6.42 Å². The van der Waals surface area contributed by atoms with Crippen LogP contribution in [0.3, 0.4) is 0 Å². The summed E-state index contributed by atoms with van der Waals surface area (Å²) in [4.78, 5) is 0. The molecule has 0 heterocycles. The molecule has 0 nitrogen and oxygen atoms in total. The topological polar surface area (TPSA) is 0 Å². The molecule has 0 saturated carbocycles. The average molecular weight is 202 g/mol. The second-order valence-corrected chi connectivity index (χ2v) is 4.31. The lowest BCUT2D eigenvalue weighted by molar-refractivity contribution is 0.578. The molecule has 0 bridgehead atoms. The van der Waals surface area contributed by atoms with Gasteiger partial charge in [-0.2, -0.15) is 0 Å². The van der Waals surface area contributed by atoms with Gasteiger partial charge in [0.15, 0.2) is 0 Å². The lowest BCUT2D eigenvalue weighted by Gasteiger charge is -2.11. The summed E-state index contributed by atoms with van der Waals surface area (Å²) in [5, 5.41) is 0. The van der Waals surface area contributed by atoms with Crippen LogP contribution in [0.2, 0.25) is 0 Å². The minimum Gasteiger partial charge on any atom is -0.0885 e. The molecular formula is C15H22. The molecule has 1 atom stereocenters. The first-order valence-electron chi connectivity index (χ1n) is 5.90. The third-order valence-electron chi connectivity index (χ3n) is 3.18. The van der Waals surface area contributed by atoms with E-state index in [2.05, 4.69) is 57.2 Å². The highest BCUT2D eigenvalue weighted by atomic mass is 14.1. The van der Waals surface area contributed by atoms with Crippen LogP contribution in [0.5, 0.6) is 0 Å². The van der Waals surface area contributed by atoms with Gasteiger partial charge in [-0.05, 0) is 44.6 Å².